The second-order valence-electron chi connectivity index (χ2n) is 6.08. The minimum Gasteiger partial charge on any atom is -0.481 e. The predicted molar refractivity (Wildman–Crippen MR) is 89.8 cm³/mol. The molecule has 1 fully saturated rings. The average molecular weight is 313 g/mol. The third kappa shape index (κ3) is 2.93. The summed E-state index contributed by atoms with van der Waals surface area (Å²) in [5.41, 5.74) is 0.0243. The van der Waals surface area contributed by atoms with Crippen LogP contribution in [0.4, 0.5) is 0 Å². The molecule has 4 heteroatoms. The van der Waals surface area contributed by atoms with Gasteiger partial charge in [0.2, 0.25) is 5.91 Å². The topological polar surface area (TPSA) is 57.6 Å². The van der Waals surface area contributed by atoms with Gasteiger partial charge in [-0.1, -0.05) is 42.5 Å². The maximum Gasteiger partial charge on any atom is 0.309 e. The van der Waals surface area contributed by atoms with Crippen molar-refractivity contribution >= 4 is 11.9 Å². The minimum absolute atomic E-state index is 0.124. The van der Waals surface area contributed by atoms with E-state index in [2.05, 4.69) is 13.2 Å². The Kier molecular flexibility index (Phi) is 5.04. The zero-order valence-electron chi connectivity index (χ0n) is 13.4. The lowest BCUT2D eigenvalue weighted by Gasteiger charge is -2.30. The fourth-order valence-electron chi connectivity index (χ4n) is 3.51. The largest absolute Gasteiger partial charge is 0.481 e. The Bertz CT molecular complexity index is 598. The van der Waals surface area contributed by atoms with Crippen LogP contribution in [0, 0.1) is 11.3 Å². The highest BCUT2D eigenvalue weighted by Gasteiger charge is 2.56. The number of amides is 1. The number of carbonyl (C=O) groups is 2. The Hall–Kier alpha value is -2.36. The quantitative estimate of drug-likeness (QED) is 0.785. The van der Waals surface area contributed by atoms with Crippen molar-refractivity contribution in [3.63, 3.8) is 0 Å². The fourth-order valence-corrected chi connectivity index (χ4v) is 3.51. The molecule has 0 saturated carbocycles. The van der Waals surface area contributed by atoms with Crippen LogP contribution in [0.15, 0.2) is 55.6 Å². The number of allylic oxidation sites excluding steroid dienone is 2. The first kappa shape index (κ1) is 17.0. The Balaban J connectivity index is 2.41. The highest BCUT2D eigenvalue weighted by atomic mass is 16.4. The van der Waals surface area contributed by atoms with Gasteiger partial charge in [-0.15, -0.1) is 13.2 Å². The molecule has 122 valence electrons. The van der Waals surface area contributed by atoms with Gasteiger partial charge in [-0.25, -0.2) is 0 Å². The SMILES string of the molecule is C=CCC1(CC=C)C(=O)N([C@H](C)c2ccccc2)CC1C(=O)O. The van der Waals surface area contributed by atoms with Crippen molar-refractivity contribution in [1.29, 1.82) is 0 Å². The summed E-state index contributed by atoms with van der Waals surface area (Å²) in [6, 6.07) is 9.50. The van der Waals surface area contributed by atoms with E-state index in [4.69, 9.17) is 0 Å². The Morgan fingerprint density at radius 2 is 1.91 bits per heavy atom. The van der Waals surface area contributed by atoms with Crippen LogP contribution < -0.4 is 0 Å². The summed E-state index contributed by atoms with van der Waals surface area (Å²) in [5.74, 6) is -1.82. The van der Waals surface area contributed by atoms with Gasteiger partial charge in [0.15, 0.2) is 0 Å². The number of hydrogen-bond donors (Lipinski definition) is 1. The van der Waals surface area contributed by atoms with Crippen LogP contribution >= 0.6 is 0 Å². The van der Waals surface area contributed by atoms with Gasteiger partial charge in [-0.2, -0.15) is 0 Å². The van der Waals surface area contributed by atoms with Gasteiger partial charge in [-0.3, -0.25) is 9.59 Å². The molecular weight excluding hydrogens is 290 g/mol. The van der Waals surface area contributed by atoms with E-state index < -0.39 is 17.3 Å². The summed E-state index contributed by atoms with van der Waals surface area (Å²) in [6.07, 6.45) is 3.95. The normalized spacial score (nSPS) is 21.0. The van der Waals surface area contributed by atoms with Gasteiger partial charge in [0, 0.05) is 6.54 Å². The van der Waals surface area contributed by atoms with Crippen molar-refractivity contribution in [3.05, 3.63) is 61.2 Å². The van der Waals surface area contributed by atoms with E-state index in [9.17, 15) is 14.7 Å². The molecule has 1 saturated heterocycles. The van der Waals surface area contributed by atoms with Crippen LogP contribution in [0.5, 0.6) is 0 Å². The molecule has 0 aliphatic carbocycles. The zero-order chi connectivity index (χ0) is 17.0. The second-order valence-corrected chi connectivity index (χ2v) is 6.08. The van der Waals surface area contributed by atoms with E-state index in [1.807, 2.05) is 37.3 Å². The fraction of sp³-hybridized carbons (Fsp3) is 0.368. The number of nitrogens with zero attached hydrogens (tertiary/aromatic N) is 1. The molecule has 0 aromatic heterocycles. The Labute approximate surface area is 137 Å². The zero-order valence-corrected chi connectivity index (χ0v) is 13.4. The van der Waals surface area contributed by atoms with E-state index in [-0.39, 0.29) is 18.5 Å². The maximum absolute atomic E-state index is 13.1. The van der Waals surface area contributed by atoms with Crippen molar-refractivity contribution in [2.45, 2.75) is 25.8 Å². The number of likely N-dealkylation sites (tertiary alicyclic amines) is 1. The lowest BCUT2D eigenvalue weighted by molar-refractivity contribution is -0.148. The van der Waals surface area contributed by atoms with Crippen LogP contribution in [-0.2, 0) is 9.59 Å². The van der Waals surface area contributed by atoms with Crippen LogP contribution in [0.3, 0.4) is 0 Å². The van der Waals surface area contributed by atoms with Gasteiger partial charge in [-0.05, 0) is 25.3 Å². The van der Waals surface area contributed by atoms with E-state index in [0.717, 1.165) is 5.56 Å². The molecule has 1 aliphatic heterocycles. The third-order valence-corrected chi connectivity index (χ3v) is 4.80. The molecule has 2 atom stereocenters. The lowest BCUT2D eigenvalue weighted by atomic mass is 9.72. The maximum atomic E-state index is 13.1. The molecular formula is C19H23NO3. The van der Waals surface area contributed by atoms with Crippen molar-refractivity contribution in [3.8, 4) is 0 Å². The Morgan fingerprint density at radius 3 is 2.39 bits per heavy atom. The molecule has 2 rings (SSSR count). The number of aliphatic carboxylic acids is 1. The smallest absolute Gasteiger partial charge is 0.309 e. The van der Waals surface area contributed by atoms with Gasteiger partial charge >= 0.3 is 5.97 Å². The molecule has 1 heterocycles. The highest BCUT2D eigenvalue weighted by molar-refractivity contribution is 5.92. The highest BCUT2D eigenvalue weighted by Crippen LogP contribution is 2.46. The van der Waals surface area contributed by atoms with Crippen molar-refractivity contribution in [1.82, 2.24) is 4.90 Å². The van der Waals surface area contributed by atoms with Crippen molar-refractivity contribution in [2.75, 3.05) is 6.54 Å². The molecule has 0 spiro atoms. The van der Waals surface area contributed by atoms with Crippen LogP contribution in [0.25, 0.3) is 0 Å². The number of carboxylic acid groups (broad SMARTS) is 1. The van der Waals surface area contributed by atoms with Gasteiger partial charge in [0.25, 0.3) is 0 Å². The first-order valence-electron chi connectivity index (χ1n) is 7.78. The molecule has 1 aromatic rings. The average Bonchev–Trinajstić information content (AvgIpc) is 2.82. The Morgan fingerprint density at radius 1 is 1.35 bits per heavy atom. The van der Waals surface area contributed by atoms with Crippen LogP contribution in [0.2, 0.25) is 0 Å². The molecule has 0 bridgehead atoms. The minimum atomic E-state index is -0.974. The summed E-state index contributed by atoms with van der Waals surface area (Å²) < 4.78 is 0. The van der Waals surface area contributed by atoms with E-state index in [1.54, 1.807) is 17.1 Å². The molecule has 1 aromatic carbocycles. The molecule has 1 unspecified atom stereocenters. The molecule has 0 radical (unpaired) electrons. The first-order chi connectivity index (χ1) is 11.0. The number of benzene rings is 1. The summed E-state index contributed by atoms with van der Waals surface area (Å²) in [7, 11) is 0. The summed E-state index contributed by atoms with van der Waals surface area (Å²) in [5, 5.41) is 9.64. The van der Waals surface area contributed by atoms with E-state index in [0.29, 0.717) is 12.8 Å². The van der Waals surface area contributed by atoms with Crippen molar-refractivity contribution < 1.29 is 14.7 Å². The molecule has 4 nitrogen and oxygen atoms in total. The summed E-state index contributed by atoms with van der Waals surface area (Å²) in [6.45, 7) is 9.57. The summed E-state index contributed by atoms with van der Waals surface area (Å²) >= 11 is 0. The number of hydrogen-bond acceptors (Lipinski definition) is 2. The van der Waals surface area contributed by atoms with Crippen molar-refractivity contribution in [2.24, 2.45) is 11.3 Å². The number of carbonyl (C=O) groups excluding carboxylic acids is 1. The van der Waals surface area contributed by atoms with E-state index >= 15 is 0 Å². The first-order valence-corrected chi connectivity index (χ1v) is 7.78. The van der Waals surface area contributed by atoms with Crippen LogP contribution in [-0.4, -0.2) is 28.4 Å². The molecule has 23 heavy (non-hydrogen) atoms. The molecule has 1 aliphatic rings. The number of rotatable bonds is 7. The lowest BCUT2D eigenvalue weighted by Crippen LogP contribution is -2.39. The number of carboxylic acids is 1. The van der Waals surface area contributed by atoms with Gasteiger partial charge in [0.1, 0.15) is 0 Å². The third-order valence-electron chi connectivity index (χ3n) is 4.80. The summed E-state index contributed by atoms with van der Waals surface area (Å²) in [4.78, 5) is 26.6. The monoisotopic (exact) mass is 313 g/mol. The van der Waals surface area contributed by atoms with Gasteiger partial charge < -0.3 is 10.0 Å². The second kappa shape index (κ2) is 6.82. The standard InChI is InChI=1S/C19H23NO3/c1-4-11-19(12-5-2)16(17(21)22)13-20(18(19)23)14(3)15-9-7-6-8-10-15/h4-10,14,16H,1-2,11-13H2,3H3,(H,21,22)/t14-,16?/m1/s1. The molecule has 1 amide bonds. The van der Waals surface area contributed by atoms with E-state index in [1.165, 1.54) is 0 Å². The predicted octanol–water partition coefficient (Wildman–Crippen LogP) is 3.43. The van der Waals surface area contributed by atoms with Gasteiger partial charge in [0.05, 0.1) is 17.4 Å². The van der Waals surface area contributed by atoms with Crippen LogP contribution in [0.1, 0.15) is 31.4 Å². The molecule has 1 N–H and O–H groups in total.